The zero-order valence-electron chi connectivity index (χ0n) is 21.0. The number of piperazine rings is 1. The highest BCUT2D eigenvalue weighted by Crippen LogP contribution is 2.29. The molecule has 0 radical (unpaired) electrons. The van der Waals surface area contributed by atoms with E-state index in [1.807, 2.05) is 61.7 Å². The number of pyridine rings is 1. The number of fused-ring (bicyclic) bond motifs is 1. The first kappa shape index (κ1) is 24.5. The van der Waals surface area contributed by atoms with Crippen molar-refractivity contribution < 1.29 is 4.74 Å². The van der Waals surface area contributed by atoms with Gasteiger partial charge in [0.05, 0.1) is 6.20 Å². The van der Waals surface area contributed by atoms with Crippen LogP contribution in [0.5, 0.6) is 5.75 Å². The Labute approximate surface area is 216 Å². The summed E-state index contributed by atoms with van der Waals surface area (Å²) < 4.78 is 7.95. The summed E-state index contributed by atoms with van der Waals surface area (Å²) >= 11 is 6.57. The normalized spacial score (nSPS) is 15.0. The van der Waals surface area contributed by atoms with Crippen LogP contribution in [0.2, 0.25) is 5.15 Å². The summed E-state index contributed by atoms with van der Waals surface area (Å²) in [4.78, 5) is 18.7. The van der Waals surface area contributed by atoms with E-state index in [0.29, 0.717) is 17.5 Å². The maximum atomic E-state index is 6.57. The molecule has 1 fully saturated rings. The number of benzene rings is 1. The minimum Gasteiger partial charge on any atom is -0.487 e. The van der Waals surface area contributed by atoms with Crippen LogP contribution < -0.4 is 15.4 Å². The third-order valence-corrected chi connectivity index (χ3v) is 6.96. The predicted molar refractivity (Wildman–Crippen MR) is 144 cm³/mol. The molecule has 0 unspecified atom stereocenters. The van der Waals surface area contributed by atoms with Crippen molar-refractivity contribution in [2.24, 2.45) is 5.73 Å². The number of nitrogens with zero attached hydrogens (tertiary/aromatic N) is 6. The quantitative estimate of drug-likeness (QED) is 0.377. The number of imidazole rings is 1. The van der Waals surface area contributed by atoms with Crippen molar-refractivity contribution in [2.45, 2.75) is 32.9 Å². The minimum atomic E-state index is -0.370. The first-order valence-corrected chi connectivity index (χ1v) is 12.6. The summed E-state index contributed by atoms with van der Waals surface area (Å²) in [5.41, 5.74) is 9.25. The second kappa shape index (κ2) is 10.0. The second-order valence-electron chi connectivity index (χ2n) is 9.83. The second-order valence-corrected chi connectivity index (χ2v) is 10.2. The number of hydrogen-bond donors (Lipinski definition) is 1. The first-order valence-electron chi connectivity index (χ1n) is 12.2. The van der Waals surface area contributed by atoms with Crippen LogP contribution in [0.3, 0.4) is 0 Å². The molecule has 0 saturated carbocycles. The van der Waals surface area contributed by atoms with E-state index >= 15 is 0 Å². The molecule has 9 heteroatoms. The van der Waals surface area contributed by atoms with Gasteiger partial charge in [-0.05, 0) is 50.6 Å². The van der Waals surface area contributed by atoms with Gasteiger partial charge in [0.2, 0.25) is 0 Å². The average Bonchev–Trinajstić information content (AvgIpc) is 3.31. The van der Waals surface area contributed by atoms with Crippen molar-refractivity contribution in [3.8, 4) is 17.3 Å². The van der Waals surface area contributed by atoms with Gasteiger partial charge in [0.15, 0.2) is 5.82 Å². The number of nitrogens with two attached hydrogens (primary N) is 1. The number of halogens is 1. The molecule has 36 heavy (non-hydrogen) atoms. The molecule has 1 aliphatic rings. The summed E-state index contributed by atoms with van der Waals surface area (Å²) in [5, 5.41) is 0.475. The molecule has 4 aromatic rings. The Morgan fingerprint density at radius 1 is 1.03 bits per heavy atom. The summed E-state index contributed by atoms with van der Waals surface area (Å²) in [5.74, 6) is 2.32. The third-order valence-electron chi connectivity index (χ3n) is 6.59. The summed E-state index contributed by atoms with van der Waals surface area (Å²) in [6.45, 7) is 10.9. The molecule has 188 valence electrons. The fourth-order valence-electron chi connectivity index (χ4n) is 4.40. The number of rotatable bonds is 7. The Hall–Kier alpha value is -3.20. The molecule has 4 heterocycles. The molecule has 2 N–H and O–H groups in total. The van der Waals surface area contributed by atoms with Crippen LogP contribution in [-0.2, 0) is 6.54 Å². The zero-order chi connectivity index (χ0) is 25.3. The minimum absolute atomic E-state index is 0.370. The van der Waals surface area contributed by atoms with Crippen molar-refractivity contribution in [2.75, 3.05) is 37.6 Å². The van der Waals surface area contributed by atoms with Crippen molar-refractivity contribution in [3.05, 3.63) is 71.1 Å². The van der Waals surface area contributed by atoms with Crippen LogP contribution in [0.1, 0.15) is 25.0 Å². The van der Waals surface area contributed by atoms with Crippen molar-refractivity contribution in [1.29, 1.82) is 0 Å². The topological polar surface area (TPSA) is 84.8 Å². The molecule has 0 bridgehead atoms. The highest BCUT2D eigenvalue weighted by Gasteiger charge is 2.23. The fourth-order valence-corrected chi connectivity index (χ4v) is 4.56. The zero-order valence-corrected chi connectivity index (χ0v) is 21.7. The molecule has 8 nitrogen and oxygen atoms in total. The van der Waals surface area contributed by atoms with E-state index in [2.05, 4.69) is 31.9 Å². The van der Waals surface area contributed by atoms with E-state index in [-0.39, 0.29) is 5.60 Å². The van der Waals surface area contributed by atoms with E-state index in [1.165, 1.54) is 5.56 Å². The third kappa shape index (κ3) is 5.16. The lowest BCUT2D eigenvalue weighted by Crippen LogP contribution is -2.46. The van der Waals surface area contributed by atoms with Gasteiger partial charge in [-0.2, -0.15) is 0 Å². The molecule has 1 saturated heterocycles. The van der Waals surface area contributed by atoms with Gasteiger partial charge in [-0.25, -0.2) is 15.0 Å². The maximum absolute atomic E-state index is 6.57. The predicted octanol–water partition coefficient (Wildman–Crippen LogP) is 4.19. The van der Waals surface area contributed by atoms with E-state index in [1.54, 1.807) is 6.20 Å². The number of ether oxygens (including phenoxy) is 1. The van der Waals surface area contributed by atoms with Gasteiger partial charge in [0.1, 0.15) is 33.7 Å². The molecule has 1 aromatic carbocycles. The van der Waals surface area contributed by atoms with Gasteiger partial charge in [-0.3, -0.25) is 9.30 Å². The van der Waals surface area contributed by atoms with Crippen LogP contribution in [0.15, 0.2) is 54.9 Å². The van der Waals surface area contributed by atoms with Crippen molar-refractivity contribution in [3.63, 3.8) is 0 Å². The first-order chi connectivity index (χ1) is 17.3. The Morgan fingerprint density at radius 2 is 1.78 bits per heavy atom. The lowest BCUT2D eigenvalue weighted by molar-refractivity contribution is 0.119. The summed E-state index contributed by atoms with van der Waals surface area (Å²) in [7, 11) is 0. The number of aromatic nitrogens is 4. The van der Waals surface area contributed by atoms with Crippen molar-refractivity contribution >= 4 is 23.1 Å². The molecular formula is C27H32ClN7O. The van der Waals surface area contributed by atoms with Crippen LogP contribution >= 0.6 is 11.6 Å². The molecule has 1 aliphatic heterocycles. The van der Waals surface area contributed by atoms with Gasteiger partial charge in [0.25, 0.3) is 0 Å². The van der Waals surface area contributed by atoms with E-state index in [4.69, 9.17) is 27.1 Å². The van der Waals surface area contributed by atoms with Crippen LogP contribution in [0.25, 0.3) is 17.2 Å². The van der Waals surface area contributed by atoms with E-state index < -0.39 is 0 Å². The molecule has 0 spiro atoms. The van der Waals surface area contributed by atoms with Gasteiger partial charge < -0.3 is 15.4 Å². The average molecular weight is 506 g/mol. The number of anilines is 1. The van der Waals surface area contributed by atoms with Crippen LogP contribution in [0, 0.1) is 6.92 Å². The van der Waals surface area contributed by atoms with Crippen LogP contribution in [-0.4, -0.2) is 62.6 Å². The Kier molecular flexibility index (Phi) is 6.83. The lowest BCUT2D eigenvalue weighted by Gasteiger charge is -2.36. The highest BCUT2D eigenvalue weighted by molar-refractivity contribution is 6.30. The lowest BCUT2D eigenvalue weighted by atomic mass is 10.1. The van der Waals surface area contributed by atoms with Gasteiger partial charge in [-0.15, -0.1) is 0 Å². The van der Waals surface area contributed by atoms with Crippen molar-refractivity contribution in [1.82, 2.24) is 24.3 Å². The Morgan fingerprint density at radius 3 is 2.50 bits per heavy atom. The van der Waals surface area contributed by atoms with Gasteiger partial charge in [-0.1, -0.05) is 29.8 Å². The summed E-state index contributed by atoms with van der Waals surface area (Å²) in [6, 6.07) is 14.2. The SMILES string of the molecule is Cc1c(Cl)nc(-c2cnc3ccccn23)nc1N1CCN(Cc2ccc(OC(C)(C)CN)cc2)CC1. The van der Waals surface area contributed by atoms with E-state index in [9.17, 15) is 0 Å². The van der Waals surface area contributed by atoms with Gasteiger partial charge in [0, 0.05) is 51.0 Å². The largest absolute Gasteiger partial charge is 0.487 e. The molecule has 0 aliphatic carbocycles. The molecular weight excluding hydrogens is 474 g/mol. The molecule has 5 rings (SSSR count). The number of hydrogen-bond acceptors (Lipinski definition) is 7. The Balaban J connectivity index is 1.26. The smallest absolute Gasteiger partial charge is 0.181 e. The molecule has 3 aromatic heterocycles. The molecule has 0 amide bonds. The summed E-state index contributed by atoms with van der Waals surface area (Å²) in [6.07, 6.45) is 3.76. The molecule has 0 atom stereocenters. The van der Waals surface area contributed by atoms with Gasteiger partial charge >= 0.3 is 0 Å². The van der Waals surface area contributed by atoms with Crippen LogP contribution in [0.4, 0.5) is 5.82 Å². The fraction of sp³-hybridized carbons (Fsp3) is 0.370. The standard InChI is InChI=1S/C27H32ClN7O/c1-19-24(28)31-25(22-16-30-23-6-4-5-11-35(22)23)32-26(19)34-14-12-33(13-15-34)17-20-7-9-21(10-8-20)36-27(2,3)18-29/h4-11,16H,12-15,17-18,29H2,1-3H3. The Bertz CT molecular complexity index is 1340. The maximum Gasteiger partial charge on any atom is 0.181 e. The monoisotopic (exact) mass is 505 g/mol. The highest BCUT2D eigenvalue weighted by atomic mass is 35.5. The van der Waals surface area contributed by atoms with E-state index in [0.717, 1.165) is 61.2 Å².